The van der Waals surface area contributed by atoms with Crippen LogP contribution < -0.4 is 4.90 Å². The minimum absolute atomic E-state index is 0.840. The molecule has 4 rings (SSSR count). The Morgan fingerprint density at radius 1 is 1.00 bits per heavy atom. The van der Waals surface area contributed by atoms with Crippen molar-refractivity contribution in [1.29, 1.82) is 0 Å². The smallest absolute Gasteiger partial charge is 0.225 e. The first-order valence-electron chi connectivity index (χ1n) is 8.61. The van der Waals surface area contributed by atoms with Gasteiger partial charge in [-0.3, -0.25) is 4.90 Å². The van der Waals surface area contributed by atoms with Crippen LogP contribution >= 0.6 is 11.3 Å². The van der Waals surface area contributed by atoms with Gasteiger partial charge in [0.05, 0.1) is 4.88 Å². The Morgan fingerprint density at radius 2 is 1.80 bits per heavy atom. The van der Waals surface area contributed by atoms with Crippen LogP contribution in [0.4, 0.5) is 5.95 Å². The summed E-state index contributed by atoms with van der Waals surface area (Å²) >= 11 is 1.76. The summed E-state index contributed by atoms with van der Waals surface area (Å²) in [7, 11) is 0. The van der Waals surface area contributed by atoms with Crippen LogP contribution in [-0.4, -0.2) is 57.1 Å². The molecule has 7 heteroatoms. The molecule has 1 aliphatic heterocycles. The molecule has 0 aliphatic carbocycles. The highest BCUT2D eigenvalue weighted by atomic mass is 32.1. The number of hydrogen-bond acceptors (Lipinski definition) is 6. The topological polar surface area (TPSA) is 50.1 Å². The molecule has 0 aromatic carbocycles. The van der Waals surface area contributed by atoms with Crippen molar-refractivity contribution in [3.05, 3.63) is 47.9 Å². The van der Waals surface area contributed by atoms with Crippen LogP contribution in [0.5, 0.6) is 0 Å². The maximum atomic E-state index is 4.57. The highest BCUT2D eigenvalue weighted by Crippen LogP contribution is 2.27. The van der Waals surface area contributed by atoms with E-state index in [1.807, 2.05) is 24.7 Å². The minimum atomic E-state index is 0.840. The van der Waals surface area contributed by atoms with Gasteiger partial charge < -0.3 is 9.47 Å². The highest BCUT2D eigenvalue weighted by molar-refractivity contribution is 7.13. The van der Waals surface area contributed by atoms with E-state index in [1.54, 1.807) is 11.3 Å². The van der Waals surface area contributed by atoms with Gasteiger partial charge in [-0.1, -0.05) is 0 Å². The van der Waals surface area contributed by atoms with Crippen LogP contribution in [0.15, 0.2) is 42.3 Å². The van der Waals surface area contributed by atoms with Gasteiger partial charge >= 0.3 is 0 Å². The SMILES string of the molecule is Cc1ccsc1-c1nccn1CCN1CCN(c2ncccn2)CC1. The maximum absolute atomic E-state index is 4.57. The zero-order chi connectivity index (χ0) is 17.1. The molecule has 25 heavy (non-hydrogen) atoms. The fourth-order valence-corrected chi connectivity index (χ4v) is 4.11. The average Bonchev–Trinajstić information content (AvgIpc) is 3.29. The first kappa shape index (κ1) is 16.2. The molecule has 130 valence electrons. The normalized spacial score (nSPS) is 15.6. The van der Waals surface area contributed by atoms with Crippen molar-refractivity contribution >= 4 is 17.3 Å². The molecule has 0 amide bonds. The summed E-state index contributed by atoms with van der Waals surface area (Å²) in [6, 6.07) is 4.02. The number of imidazole rings is 1. The minimum Gasteiger partial charge on any atom is -0.338 e. The summed E-state index contributed by atoms with van der Waals surface area (Å²) in [6.07, 6.45) is 7.60. The van der Waals surface area contributed by atoms with Gasteiger partial charge in [-0.05, 0) is 30.0 Å². The molecule has 1 saturated heterocycles. The lowest BCUT2D eigenvalue weighted by molar-refractivity contribution is 0.247. The van der Waals surface area contributed by atoms with E-state index in [0.29, 0.717) is 0 Å². The number of thiophene rings is 1. The predicted molar refractivity (Wildman–Crippen MR) is 101 cm³/mol. The number of hydrogen-bond donors (Lipinski definition) is 0. The van der Waals surface area contributed by atoms with E-state index in [9.17, 15) is 0 Å². The summed E-state index contributed by atoms with van der Waals surface area (Å²) in [5.41, 5.74) is 1.30. The molecular weight excluding hydrogens is 332 g/mol. The van der Waals surface area contributed by atoms with Crippen LogP contribution in [0, 0.1) is 6.92 Å². The second-order valence-electron chi connectivity index (χ2n) is 6.25. The lowest BCUT2D eigenvalue weighted by atomic mass is 10.3. The third-order valence-corrected chi connectivity index (χ3v) is 5.66. The molecule has 3 aromatic rings. The number of nitrogens with zero attached hydrogens (tertiary/aromatic N) is 6. The first-order valence-corrected chi connectivity index (χ1v) is 9.49. The van der Waals surface area contributed by atoms with Crippen molar-refractivity contribution in [3.8, 4) is 10.7 Å². The first-order chi connectivity index (χ1) is 12.3. The van der Waals surface area contributed by atoms with Crippen LogP contribution in [0.2, 0.25) is 0 Å². The van der Waals surface area contributed by atoms with Gasteiger partial charge in [-0.2, -0.15) is 0 Å². The van der Waals surface area contributed by atoms with E-state index in [2.05, 4.69) is 53.9 Å². The van der Waals surface area contributed by atoms with E-state index < -0.39 is 0 Å². The van der Waals surface area contributed by atoms with E-state index in [4.69, 9.17) is 0 Å². The van der Waals surface area contributed by atoms with Gasteiger partial charge in [0, 0.05) is 64.1 Å². The Kier molecular flexibility index (Phi) is 4.76. The van der Waals surface area contributed by atoms with Crippen LogP contribution in [0.1, 0.15) is 5.56 Å². The molecule has 6 nitrogen and oxygen atoms in total. The Labute approximate surface area is 151 Å². The lowest BCUT2D eigenvalue weighted by Crippen LogP contribution is -2.47. The van der Waals surface area contributed by atoms with Crippen LogP contribution in [-0.2, 0) is 6.54 Å². The molecule has 1 aliphatic rings. The summed E-state index contributed by atoms with van der Waals surface area (Å²) in [5.74, 6) is 1.93. The number of aryl methyl sites for hydroxylation is 1. The third kappa shape index (κ3) is 3.57. The van der Waals surface area contributed by atoms with Crippen molar-refractivity contribution in [2.75, 3.05) is 37.6 Å². The molecular formula is C18H22N6S. The fraction of sp³-hybridized carbons (Fsp3) is 0.389. The van der Waals surface area contributed by atoms with Crippen LogP contribution in [0.3, 0.4) is 0 Å². The zero-order valence-electron chi connectivity index (χ0n) is 14.4. The standard InChI is InChI=1S/C18H22N6S/c1-15-3-14-25-16(15)17-19-6-7-23(17)11-8-22-9-12-24(13-10-22)18-20-4-2-5-21-18/h2-7,14H,8-13H2,1H3. The molecule has 0 saturated carbocycles. The van der Waals surface area contributed by atoms with Gasteiger partial charge in [0.1, 0.15) is 5.82 Å². The Balaban J connectivity index is 1.33. The molecule has 0 atom stereocenters. The van der Waals surface area contributed by atoms with Gasteiger partial charge in [-0.25, -0.2) is 15.0 Å². The third-order valence-electron chi connectivity index (χ3n) is 4.65. The molecule has 0 radical (unpaired) electrons. The molecule has 0 unspecified atom stereocenters. The fourth-order valence-electron chi connectivity index (χ4n) is 3.18. The summed E-state index contributed by atoms with van der Waals surface area (Å²) < 4.78 is 2.27. The molecule has 0 spiro atoms. The van der Waals surface area contributed by atoms with Crippen molar-refractivity contribution in [2.24, 2.45) is 0 Å². The summed E-state index contributed by atoms with van der Waals surface area (Å²) in [6.45, 7) is 8.19. The monoisotopic (exact) mass is 354 g/mol. The van der Waals surface area contributed by atoms with Gasteiger partial charge in [0.15, 0.2) is 0 Å². The summed E-state index contributed by atoms with van der Waals surface area (Å²) in [4.78, 5) is 19.3. The number of anilines is 1. The molecule has 1 fully saturated rings. The van der Waals surface area contributed by atoms with Crippen molar-refractivity contribution in [2.45, 2.75) is 13.5 Å². The van der Waals surface area contributed by atoms with Gasteiger partial charge in [0.25, 0.3) is 0 Å². The Bertz CT molecular complexity index is 804. The summed E-state index contributed by atoms with van der Waals surface area (Å²) in [5, 5.41) is 2.13. The molecule has 3 aromatic heterocycles. The zero-order valence-corrected chi connectivity index (χ0v) is 15.2. The molecule has 0 N–H and O–H groups in total. The average molecular weight is 354 g/mol. The van der Waals surface area contributed by atoms with E-state index in [1.165, 1.54) is 10.4 Å². The Morgan fingerprint density at radius 3 is 2.52 bits per heavy atom. The van der Waals surface area contributed by atoms with E-state index in [-0.39, 0.29) is 0 Å². The molecule has 0 bridgehead atoms. The quantitative estimate of drug-likeness (QED) is 0.705. The maximum Gasteiger partial charge on any atom is 0.225 e. The second-order valence-corrected chi connectivity index (χ2v) is 7.17. The Hall–Kier alpha value is -2.25. The number of rotatable bonds is 5. The lowest BCUT2D eigenvalue weighted by Gasteiger charge is -2.34. The predicted octanol–water partition coefficient (Wildman–Crippen LogP) is 2.53. The second kappa shape index (κ2) is 7.33. The van der Waals surface area contributed by atoms with Gasteiger partial charge in [-0.15, -0.1) is 11.3 Å². The number of aromatic nitrogens is 4. The van der Waals surface area contributed by atoms with Crippen molar-refractivity contribution < 1.29 is 0 Å². The van der Waals surface area contributed by atoms with Crippen LogP contribution in [0.25, 0.3) is 10.7 Å². The van der Waals surface area contributed by atoms with E-state index in [0.717, 1.165) is 51.0 Å². The highest BCUT2D eigenvalue weighted by Gasteiger charge is 2.19. The number of piperazine rings is 1. The van der Waals surface area contributed by atoms with E-state index >= 15 is 0 Å². The van der Waals surface area contributed by atoms with Crippen molar-refractivity contribution in [1.82, 2.24) is 24.4 Å². The van der Waals surface area contributed by atoms with Gasteiger partial charge in [0.2, 0.25) is 5.95 Å². The van der Waals surface area contributed by atoms with Crippen molar-refractivity contribution in [3.63, 3.8) is 0 Å². The largest absolute Gasteiger partial charge is 0.338 e. The molecule has 4 heterocycles.